The molecule has 2 aromatic carbocycles. The van der Waals surface area contributed by atoms with Crippen molar-refractivity contribution in [3.8, 4) is 17.2 Å². The lowest BCUT2D eigenvalue weighted by molar-refractivity contribution is -0.117. The number of rotatable bonds is 8. The first kappa shape index (κ1) is 19.9. The van der Waals surface area contributed by atoms with Gasteiger partial charge in [0.2, 0.25) is 11.7 Å². The fraction of sp³-hybridized carbons (Fsp3) is 0.316. The highest BCUT2D eigenvalue weighted by atomic mass is 35.5. The minimum atomic E-state index is -0.149. The molecule has 0 spiro atoms. The maximum atomic E-state index is 12.3. The van der Waals surface area contributed by atoms with Crippen LogP contribution in [0.4, 0.5) is 5.69 Å². The largest absolute Gasteiger partial charge is 0.493 e. The Kier molecular flexibility index (Phi) is 7.12. The zero-order valence-corrected chi connectivity index (χ0v) is 16.1. The minimum absolute atomic E-state index is 0.149. The molecule has 0 heterocycles. The molecule has 2 rings (SSSR count). The molecule has 7 heteroatoms. The summed E-state index contributed by atoms with van der Waals surface area (Å²) in [5.41, 5.74) is 1.61. The van der Waals surface area contributed by atoms with E-state index in [4.69, 9.17) is 25.8 Å². The van der Waals surface area contributed by atoms with Crippen LogP contribution >= 0.6 is 11.6 Å². The molecule has 140 valence electrons. The maximum Gasteiger partial charge on any atom is 0.238 e. The van der Waals surface area contributed by atoms with Crippen molar-refractivity contribution in [2.45, 2.75) is 6.54 Å². The molecule has 0 aliphatic heterocycles. The van der Waals surface area contributed by atoms with E-state index in [1.165, 1.54) is 21.3 Å². The summed E-state index contributed by atoms with van der Waals surface area (Å²) < 4.78 is 15.9. The maximum absolute atomic E-state index is 12.3. The van der Waals surface area contributed by atoms with E-state index in [9.17, 15) is 4.79 Å². The average molecular weight is 379 g/mol. The second-order valence-corrected chi connectivity index (χ2v) is 6.20. The molecule has 0 fully saturated rings. The standard InChI is InChI=1S/C19H23ClN2O4/c1-22(11-13-6-5-7-14(20)8-13)12-18(23)21-15-9-16(24-2)19(26-4)17(10-15)25-3/h5-10H,11-12H2,1-4H3,(H,21,23). The lowest BCUT2D eigenvalue weighted by Gasteiger charge is -2.18. The summed E-state index contributed by atoms with van der Waals surface area (Å²) in [5, 5.41) is 3.53. The van der Waals surface area contributed by atoms with E-state index >= 15 is 0 Å². The number of amides is 1. The van der Waals surface area contributed by atoms with Gasteiger partial charge in [-0.2, -0.15) is 0 Å². The third-order valence-electron chi connectivity index (χ3n) is 3.70. The van der Waals surface area contributed by atoms with Crippen LogP contribution in [-0.4, -0.2) is 45.7 Å². The summed E-state index contributed by atoms with van der Waals surface area (Å²) in [6.07, 6.45) is 0. The Morgan fingerprint density at radius 3 is 2.27 bits per heavy atom. The van der Waals surface area contributed by atoms with Crippen molar-refractivity contribution < 1.29 is 19.0 Å². The summed E-state index contributed by atoms with van der Waals surface area (Å²) in [6, 6.07) is 10.9. The number of hydrogen-bond acceptors (Lipinski definition) is 5. The van der Waals surface area contributed by atoms with Gasteiger partial charge in [0.1, 0.15) is 0 Å². The van der Waals surface area contributed by atoms with Crippen LogP contribution in [0, 0.1) is 0 Å². The van der Waals surface area contributed by atoms with Crippen molar-refractivity contribution >= 4 is 23.2 Å². The van der Waals surface area contributed by atoms with Gasteiger partial charge in [-0.15, -0.1) is 0 Å². The molecule has 0 aliphatic rings. The zero-order valence-electron chi connectivity index (χ0n) is 15.3. The Labute approximate surface area is 158 Å². The summed E-state index contributed by atoms with van der Waals surface area (Å²) in [4.78, 5) is 14.2. The van der Waals surface area contributed by atoms with Gasteiger partial charge in [0.25, 0.3) is 0 Å². The molecule has 0 atom stereocenters. The number of nitrogens with zero attached hydrogens (tertiary/aromatic N) is 1. The summed E-state index contributed by atoms with van der Waals surface area (Å²) in [5.74, 6) is 1.29. The lowest BCUT2D eigenvalue weighted by Crippen LogP contribution is -2.29. The van der Waals surface area contributed by atoms with Gasteiger partial charge in [-0.3, -0.25) is 9.69 Å². The SMILES string of the molecule is COc1cc(NC(=O)CN(C)Cc2cccc(Cl)c2)cc(OC)c1OC. The van der Waals surface area contributed by atoms with Gasteiger partial charge in [0.15, 0.2) is 11.5 Å². The number of benzene rings is 2. The molecule has 0 saturated carbocycles. The zero-order chi connectivity index (χ0) is 19.1. The van der Waals surface area contributed by atoms with Gasteiger partial charge >= 0.3 is 0 Å². The molecule has 6 nitrogen and oxygen atoms in total. The van der Waals surface area contributed by atoms with Crippen molar-refractivity contribution in [3.63, 3.8) is 0 Å². The number of carbonyl (C=O) groups excluding carboxylic acids is 1. The molecule has 1 amide bonds. The van der Waals surface area contributed by atoms with Crippen LogP contribution in [-0.2, 0) is 11.3 Å². The summed E-state index contributed by atoms with van der Waals surface area (Å²) in [6.45, 7) is 0.840. The van der Waals surface area contributed by atoms with E-state index in [0.29, 0.717) is 34.5 Å². The molecule has 0 saturated heterocycles. The number of carbonyl (C=O) groups is 1. The van der Waals surface area contributed by atoms with Crippen LogP contribution in [0.2, 0.25) is 5.02 Å². The number of nitrogens with one attached hydrogen (secondary N) is 1. The first-order valence-corrected chi connectivity index (χ1v) is 8.37. The highest BCUT2D eigenvalue weighted by molar-refractivity contribution is 6.30. The topological polar surface area (TPSA) is 60.0 Å². The van der Waals surface area contributed by atoms with E-state index in [2.05, 4.69) is 5.32 Å². The third-order valence-corrected chi connectivity index (χ3v) is 3.94. The van der Waals surface area contributed by atoms with Crippen molar-refractivity contribution in [2.24, 2.45) is 0 Å². The van der Waals surface area contributed by atoms with Gasteiger partial charge in [0.05, 0.1) is 27.9 Å². The van der Waals surface area contributed by atoms with Crippen LogP contribution in [0.15, 0.2) is 36.4 Å². The highest BCUT2D eigenvalue weighted by Crippen LogP contribution is 2.39. The molecular formula is C19H23ClN2O4. The Morgan fingerprint density at radius 2 is 1.73 bits per heavy atom. The van der Waals surface area contributed by atoms with E-state index in [0.717, 1.165) is 5.56 Å². The molecule has 0 unspecified atom stereocenters. The predicted molar refractivity (Wildman–Crippen MR) is 103 cm³/mol. The number of anilines is 1. The number of halogens is 1. The summed E-state index contributed by atoms with van der Waals surface area (Å²) >= 11 is 5.99. The van der Waals surface area contributed by atoms with Gasteiger partial charge in [-0.1, -0.05) is 23.7 Å². The molecular weight excluding hydrogens is 356 g/mol. The van der Waals surface area contributed by atoms with Gasteiger partial charge in [0, 0.05) is 29.4 Å². The Hall–Kier alpha value is -2.44. The third kappa shape index (κ3) is 5.28. The van der Waals surface area contributed by atoms with Crippen molar-refractivity contribution in [1.82, 2.24) is 4.90 Å². The Morgan fingerprint density at radius 1 is 1.08 bits per heavy atom. The molecule has 26 heavy (non-hydrogen) atoms. The number of likely N-dealkylation sites (N-methyl/N-ethyl adjacent to an activating group) is 1. The second kappa shape index (κ2) is 9.31. The number of ether oxygens (including phenoxy) is 3. The van der Waals surface area contributed by atoms with Crippen molar-refractivity contribution in [2.75, 3.05) is 40.2 Å². The first-order chi connectivity index (χ1) is 12.5. The Balaban J connectivity index is 2.02. The Bertz CT molecular complexity index is 742. The van der Waals surface area contributed by atoms with Crippen LogP contribution in [0.25, 0.3) is 0 Å². The van der Waals surface area contributed by atoms with Crippen molar-refractivity contribution in [3.05, 3.63) is 47.0 Å². The summed E-state index contributed by atoms with van der Waals surface area (Å²) in [7, 11) is 6.46. The molecule has 2 aromatic rings. The van der Waals surface area contributed by atoms with Crippen LogP contribution in [0.3, 0.4) is 0 Å². The van der Waals surface area contributed by atoms with Crippen LogP contribution in [0.1, 0.15) is 5.56 Å². The fourth-order valence-electron chi connectivity index (χ4n) is 2.60. The molecule has 0 aromatic heterocycles. The molecule has 0 aliphatic carbocycles. The predicted octanol–water partition coefficient (Wildman–Crippen LogP) is 3.44. The number of hydrogen-bond donors (Lipinski definition) is 1. The van der Waals surface area contributed by atoms with Gasteiger partial charge in [-0.25, -0.2) is 0 Å². The monoisotopic (exact) mass is 378 g/mol. The lowest BCUT2D eigenvalue weighted by atomic mass is 10.2. The van der Waals surface area contributed by atoms with Crippen molar-refractivity contribution in [1.29, 1.82) is 0 Å². The van der Waals surface area contributed by atoms with Crippen LogP contribution < -0.4 is 19.5 Å². The van der Waals surface area contributed by atoms with E-state index in [-0.39, 0.29) is 12.5 Å². The highest BCUT2D eigenvalue weighted by Gasteiger charge is 2.15. The molecule has 0 radical (unpaired) electrons. The molecule has 1 N–H and O–H groups in total. The average Bonchev–Trinajstić information content (AvgIpc) is 2.60. The van der Waals surface area contributed by atoms with E-state index < -0.39 is 0 Å². The minimum Gasteiger partial charge on any atom is -0.493 e. The van der Waals surface area contributed by atoms with E-state index in [1.54, 1.807) is 12.1 Å². The fourth-order valence-corrected chi connectivity index (χ4v) is 2.81. The van der Waals surface area contributed by atoms with E-state index in [1.807, 2.05) is 36.2 Å². The second-order valence-electron chi connectivity index (χ2n) is 5.76. The smallest absolute Gasteiger partial charge is 0.238 e. The van der Waals surface area contributed by atoms with Gasteiger partial charge in [-0.05, 0) is 24.7 Å². The quantitative estimate of drug-likeness (QED) is 0.762. The molecule has 0 bridgehead atoms. The normalized spacial score (nSPS) is 10.5. The van der Waals surface area contributed by atoms with Crippen LogP contribution in [0.5, 0.6) is 17.2 Å². The first-order valence-electron chi connectivity index (χ1n) is 7.99. The van der Waals surface area contributed by atoms with Gasteiger partial charge < -0.3 is 19.5 Å². The number of methoxy groups -OCH3 is 3.